The summed E-state index contributed by atoms with van der Waals surface area (Å²) in [7, 11) is -5.84. The molecule has 0 fully saturated rings. The molecule has 0 amide bonds. The second kappa shape index (κ2) is 10.9. The first-order valence-electron chi connectivity index (χ1n) is 7.21. The topological polar surface area (TPSA) is 71.1 Å². The molecule has 0 spiro atoms. The zero-order valence-electron chi connectivity index (χ0n) is 13.0. The third-order valence-electron chi connectivity index (χ3n) is 2.54. The van der Waals surface area contributed by atoms with Crippen molar-refractivity contribution in [2.75, 3.05) is 38.8 Å². The minimum absolute atomic E-state index is 0.347. The van der Waals surface area contributed by atoms with Crippen LogP contribution in [0.4, 0.5) is 0 Å². The van der Waals surface area contributed by atoms with Crippen molar-refractivity contribution in [3.8, 4) is 0 Å². The SMILES string of the molecule is CCOP(=O)(CC)OCCCCOP(=O)(CC)OCC. The Morgan fingerprint density at radius 2 is 1.00 bits per heavy atom. The summed E-state index contributed by atoms with van der Waals surface area (Å²) < 4.78 is 44.8. The predicted molar refractivity (Wildman–Crippen MR) is 80.7 cm³/mol. The number of hydrogen-bond acceptors (Lipinski definition) is 6. The third kappa shape index (κ3) is 8.56. The van der Waals surface area contributed by atoms with Crippen molar-refractivity contribution in [3.63, 3.8) is 0 Å². The summed E-state index contributed by atoms with van der Waals surface area (Å²) in [6.07, 6.45) is 2.08. The molecule has 0 rings (SSSR count). The molecule has 0 aliphatic rings. The monoisotopic (exact) mass is 330 g/mol. The van der Waals surface area contributed by atoms with Crippen LogP contribution in [0.5, 0.6) is 0 Å². The van der Waals surface area contributed by atoms with Crippen molar-refractivity contribution in [1.29, 1.82) is 0 Å². The van der Waals surface area contributed by atoms with Crippen LogP contribution in [0.25, 0.3) is 0 Å². The van der Waals surface area contributed by atoms with E-state index < -0.39 is 15.2 Å². The zero-order chi connectivity index (χ0) is 15.5. The van der Waals surface area contributed by atoms with Crippen molar-refractivity contribution in [2.24, 2.45) is 0 Å². The Labute approximate surface area is 122 Å². The van der Waals surface area contributed by atoms with Crippen LogP contribution in [0.3, 0.4) is 0 Å². The average Bonchev–Trinajstić information content (AvgIpc) is 2.43. The normalized spacial score (nSPS) is 17.6. The van der Waals surface area contributed by atoms with Gasteiger partial charge in [-0.1, -0.05) is 13.8 Å². The van der Waals surface area contributed by atoms with Gasteiger partial charge in [0, 0.05) is 12.3 Å². The van der Waals surface area contributed by atoms with Crippen LogP contribution < -0.4 is 0 Å². The molecular weight excluding hydrogens is 302 g/mol. The van der Waals surface area contributed by atoms with Crippen LogP contribution in [0.1, 0.15) is 40.5 Å². The van der Waals surface area contributed by atoms with Crippen molar-refractivity contribution >= 4 is 15.2 Å². The first kappa shape index (κ1) is 20.3. The average molecular weight is 330 g/mol. The van der Waals surface area contributed by atoms with Gasteiger partial charge in [0.05, 0.1) is 26.4 Å². The minimum atomic E-state index is -2.92. The molecule has 0 aromatic carbocycles. The molecule has 0 saturated heterocycles. The Balaban J connectivity index is 3.82. The standard InChI is InChI=1S/C12H28O6P2/c1-5-15-19(13,7-3)17-11-9-10-12-18-20(14,8-4)16-6-2/h5-12H2,1-4H3. The molecule has 8 heteroatoms. The van der Waals surface area contributed by atoms with E-state index in [1.54, 1.807) is 27.7 Å². The highest BCUT2D eigenvalue weighted by atomic mass is 31.2. The van der Waals surface area contributed by atoms with Gasteiger partial charge in [-0.15, -0.1) is 0 Å². The van der Waals surface area contributed by atoms with Crippen LogP contribution in [-0.4, -0.2) is 38.8 Å². The van der Waals surface area contributed by atoms with E-state index in [-0.39, 0.29) is 0 Å². The maximum Gasteiger partial charge on any atom is 0.330 e. The minimum Gasteiger partial charge on any atom is -0.309 e. The molecule has 2 unspecified atom stereocenters. The largest absolute Gasteiger partial charge is 0.330 e. The molecule has 0 N–H and O–H groups in total. The Morgan fingerprint density at radius 1 is 0.650 bits per heavy atom. The maximum absolute atomic E-state index is 12.0. The van der Waals surface area contributed by atoms with Crippen molar-refractivity contribution in [1.82, 2.24) is 0 Å². The molecule has 122 valence electrons. The summed E-state index contributed by atoms with van der Waals surface area (Å²) in [5.74, 6) is 0. The Hall–Kier alpha value is 0.300. The van der Waals surface area contributed by atoms with Gasteiger partial charge in [-0.3, -0.25) is 9.13 Å². The quantitative estimate of drug-likeness (QED) is 0.370. The molecule has 0 bridgehead atoms. The van der Waals surface area contributed by atoms with Gasteiger partial charge in [-0.05, 0) is 26.7 Å². The van der Waals surface area contributed by atoms with E-state index in [0.29, 0.717) is 51.6 Å². The summed E-state index contributed by atoms with van der Waals surface area (Å²) in [4.78, 5) is 0. The Morgan fingerprint density at radius 3 is 1.25 bits per heavy atom. The molecule has 0 aromatic rings. The summed E-state index contributed by atoms with van der Waals surface area (Å²) >= 11 is 0. The van der Waals surface area contributed by atoms with E-state index in [1.807, 2.05) is 0 Å². The first-order valence-corrected chi connectivity index (χ1v) is 10.7. The highest BCUT2D eigenvalue weighted by Crippen LogP contribution is 2.48. The van der Waals surface area contributed by atoms with Crippen LogP contribution in [0, 0.1) is 0 Å². The van der Waals surface area contributed by atoms with Gasteiger partial charge < -0.3 is 18.1 Å². The van der Waals surface area contributed by atoms with Gasteiger partial charge in [-0.25, -0.2) is 0 Å². The molecule has 0 aliphatic carbocycles. The summed E-state index contributed by atoms with van der Waals surface area (Å²) in [5.41, 5.74) is 0. The summed E-state index contributed by atoms with van der Waals surface area (Å²) in [6.45, 7) is 8.58. The van der Waals surface area contributed by atoms with E-state index in [4.69, 9.17) is 18.1 Å². The van der Waals surface area contributed by atoms with Crippen LogP contribution in [0.2, 0.25) is 0 Å². The molecule has 0 saturated carbocycles. The van der Waals surface area contributed by atoms with E-state index in [0.717, 1.165) is 0 Å². The molecule has 20 heavy (non-hydrogen) atoms. The van der Waals surface area contributed by atoms with Gasteiger partial charge in [0.15, 0.2) is 0 Å². The van der Waals surface area contributed by atoms with Gasteiger partial charge in [0.25, 0.3) is 0 Å². The lowest BCUT2D eigenvalue weighted by Gasteiger charge is -2.17. The van der Waals surface area contributed by atoms with Crippen molar-refractivity contribution < 1.29 is 27.2 Å². The highest BCUT2D eigenvalue weighted by molar-refractivity contribution is 7.54. The molecule has 0 aliphatic heterocycles. The molecular formula is C12H28O6P2. The lowest BCUT2D eigenvalue weighted by atomic mass is 10.3. The molecule has 0 heterocycles. The first-order chi connectivity index (χ1) is 9.45. The van der Waals surface area contributed by atoms with E-state index in [1.165, 1.54) is 0 Å². The van der Waals surface area contributed by atoms with Crippen molar-refractivity contribution in [2.45, 2.75) is 40.5 Å². The van der Waals surface area contributed by atoms with E-state index in [9.17, 15) is 9.13 Å². The van der Waals surface area contributed by atoms with Gasteiger partial charge >= 0.3 is 15.2 Å². The predicted octanol–water partition coefficient (Wildman–Crippen LogP) is 4.30. The molecule has 0 radical (unpaired) electrons. The second-order valence-corrected chi connectivity index (χ2v) is 8.80. The van der Waals surface area contributed by atoms with E-state index in [2.05, 4.69) is 0 Å². The van der Waals surface area contributed by atoms with Crippen LogP contribution in [-0.2, 0) is 27.2 Å². The molecule has 0 aromatic heterocycles. The van der Waals surface area contributed by atoms with Gasteiger partial charge in [0.1, 0.15) is 0 Å². The highest BCUT2D eigenvalue weighted by Gasteiger charge is 2.22. The molecule has 6 nitrogen and oxygen atoms in total. The lowest BCUT2D eigenvalue weighted by Crippen LogP contribution is -2.03. The van der Waals surface area contributed by atoms with Crippen LogP contribution >= 0.6 is 15.2 Å². The third-order valence-corrected chi connectivity index (χ3v) is 6.55. The smallest absolute Gasteiger partial charge is 0.309 e. The fraction of sp³-hybridized carbons (Fsp3) is 1.00. The Bertz CT molecular complexity index is 302. The van der Waals surface area contributed by atoms with E-state index >= 15 is 0 Å². The second-order valence-electron chi connectivity index (χ2n) is 4.06. The molecule has 2 atom stereocenters. The maximum atomic E-state index is 12.0. The number of hydrogen-bond donors (Lipinski definition) is 0. The fourth-order valence-corrected chi connectivity index (χ4v) is 3.93. The number of unbranched alkanes of at least 4 members (excludes halogenated alkanes) is 1. The van der Waals surface area contributed by atoms with Crippen LogP contribution in [0.15, 0.2) is 0 Å². The van der Waals surface area contributed by atoms with Gasteiger partial charge in [-0.2, -0.15) is 0 Å². The number of rotatable bonds is 13. The summed E-state index contributed by atoms with van der Waals surface area (Å²) in [5, 5.41) is 0. The zero-order valence-corrected chi connectivity index (χ0v) is 14.8. The fourth-order valence-electron chi connectivity index (χ4n) is 1.44. The Kier molecular flexibility index (Phi) is 11.1. The summed E-state index contributed by atoms with van der Waals surface area (Å²) in [6, 6.07) is 0. The lowest BCUT2D eigenvalue weighted by molar-refractivity contribution is 0.189. The van der Waals surface area contributed by atoms with Crippen molar-refractivity contribution in [3.05, 3.63) is 0 Å². The van der Waals surface area contributed by atoms with Gasteiger partial charge in [0.2, 0.25) is 0 Å².